The first-order chi connectivity index (χ1) is 17.1. The Kier molecular flexibility index (Phi) is 8.26. The Morgan fingerprint density at radius 1 is 0.861 bits per heavy atom. The second-order valence-corrected chi connectivity index (χ2v) is 9.79. The van der Waals surface area contributed by atoms with Crippen LogP contribution in [0.25, 0.3) is 0 Å². The molecule has 5 rings (SSSR count). The van der Waals surface area contributed by atoms with Gasteiger partial charge in [-0.05, 0) is 60.2 Å². The van der Waals surface area contributed by atoms with Gasteiger partial charge in [0.1, 0.15) is 0 Å². The Labute approximate surface area is 220 Å². The van der Waals surface area contributed by atoms with E-state index in [4.69, 9.17) is 14.2 Å². The van der Waals surface area contributed by atoms with E-state index in [-0.39, 0.29) is 17.8 Å². The maximum Gasteiger partial charge on any atom is 0.161 e. The number of hydrogen-bond donors (Lipinski definition) is 1. The molecular formula is C30H36ClNO4. The lowest BCUT2D eigenvalue weighted by Gasteiger charge is -2.43. The quantitative estimate of drug-likeness (QED) is 0.467. The number of hydrogen-bond acceptors (Lipinski definition) is 5. The number of rotatable bonds is 7. The summed E-state index contributed by atoms with van der Waals surface area (Å²) in [4.78, 5) is 2.48. The normalized spacial score (nSPS) is 21.2. The second kappa shape index (κ2) is 11.2. The van der Waals surface area contributed by atoms with Gasteiger partial charge in [0.05, 0.1) is 33.0 Å². The number of likely N-dealkylation sites (tertiary alicyclic amines) is 1. The molecule has 2 heterocycles. The van der Waals surface area contributed by atoms with Crippen molar-refractivity contribution in [2.75, 3.05) is 40.5 Å². The molecule has 5 nitrogen and oxygen atoms in total. The summed E-state index contributed by atoms with van der Waals surface area (Å²) in [6.45, 7) is 3.86. The van der Waals surface area contributed by atoms with Crippen molar-refractivity contribution in [3.8, 4) is 11.5 Å². The molecular weight excluding hydrogens is 474 g/mol. The molecule has 6 heteroatoms. The third-order valence-corrected chi connectivity index (χ3v) is 7.91. The Balaban J connectivity index is 0.00000304. The zero-order chi connectivity index (χ0) is 24.3. The van der Waals surface area contributed by atoms with Crippen LogP contribution in [0.15, 0.2) is 72.8 Å². The highest BCUT2D eigenvalue weighted by Crippen LogP contribution is 2.45. The van der Waals surface area contributed by atoms with Crippen LogP contribution in [0.3, 0.4) is 0 Å². The molecule has 1 saturated heterocycles. The van der Waals surface area contributed by atoms with Crippen LogP contribution in [0.4, 0.5) is 0 Å². The first-order valence-corrected chi connectivity index (χ1v) is 12.5. The molecule has 0 saturated carbocycles. The molecule has 0 amide bonds. The average Bonchev–Trinajstić information content (AvgIpc) is 2.93. The molecule has 192 valence electrons. The lowest BCUT2D eigenvalue weighted by molar-refractivity contribution is -0.0283. The van der Waals surface area contributed by atoms with Crippen molar-refractivity contribution in [1.82, 2.24) is 4.90 Å². The molecule has 0 aromatic heterocycles. The maximum atomic E-state index is 11.3. The largest absolute Gasteiger partial charge is 0.493 e. The van der Waals surface area contributed by atoms with Gasteiger partial charge in [0.2, 0.25) is 0 Å². The van der Waals surface area contributed by atoms with E-state index in [2.05, 4.69) is 47.4 Å². The molecule has 1 atom stereocenters. The Morgan fingerprint density at radius 2 is 1.44 bits per heavy atom. The van der Waals surface area contributed by atoms with Gasteiger partial charge in [-0.15, -0.1) is 12.4 Å². The standard InChI is InChI=1S/C30H35NO4.ClH/c1-33-27-19-23-21-35-22-29(24-9-5-3-6-10-24,26(23)20-28(27)34-2)13-16-31-17-14-30(32,15-18-31)25-11-7-4-8-12-25;/h3-12,19-20,32H,13-18,21-22H2,1-2H3;1H. The van der Waals surface area contributed by atoms with Gasteiger partial charge in [0.15, 0.2) is 11.5 Å². The molecule has 0 radical (unpaired) electrons. The van der Waals surface area contributed by atoms with Crippen molar-refractivity contribution in [2.24, 2.45) is 0 Å². The number of methoxy groups -OCH3 is 2. The number of piperidine rings is 1. The first-order valence-electron chi connectivity index (χ1n) is 12.5. The minimum atomic E-state index is -0.737. The zero-order valence-corrected chi connectivity index (χ0v) is 21.9. The molecule has 2 aliphatic rings. The van der Waals surface area contributed by atoms with E-state index in [1.807, 2.05) is 30.3 Å². The number of benzene rings is 3. The highest BCUT2D eigenvalue weighted by molar-refractivity contribution is 5.85. The van der Waals surface area contributed by atoms with E-state index in [9.17, 15) is 5.11 Å². The monoisotopic (exact) mass is 509 g/mol. The van der Waals surface area contributed by atoms with Gasteiger partial charge in [-0.2, -0.15) is 0 Å². The fourth-order valence-corrected chi connectivity index (χ4v) is 5.78. The molecule has 36 heavy (non-hydrogen) atoms. The Hall–Kier alpha value is -2.57. The summed E-state index contributed by atoms with van der Waals surface area (Å²) in [7, 11) is 3.36. The fourth-order valence-electron chi connectivity index (χ4n) is 5.78. The van der Waals surface area contributed by atoms with Gasteiger partial charge in [-0.25, -0.2) is 0 Å². The first kappa shape index (κ1) is 26.5. The van der Waals surface area contributed by atoms with Crippen LogP contribution in [-0.2, 0) is 22.4 Å². The summed E-state index contributed by atoms with van der Waals surface area (Å²) in [5, 5.41) is 11.3. The van der Waals surface area contributed by atoms with Gasteiger partial charge in [0.25, 0.3) is 0 Å². The summed E-state index contributed by atoms with van der Waals surface area (Å²) in [6.07, 6.45) is 2.41. The molecule has 3 aromatic carbocycles. The van der Waals surface area contributed by atoms with Crippen LogP contribution in [0.2, 0.25) is 0 Å². The topological polar surface area (TPSA) is 51.2 Å². The van der Waals surface area contributed by atoms with Crippen molar-refractivity contribution in [1.29, 1.82) is 0 Å². The molecule has 0 aliphatic carbocycles. The van der Waals surface area contributed by atoms with Gasteiger partial charge in [0, 0.05) is 18.5 Å². The van der Waals surface area contributed by atoms with Crippen molar-refractivity contribution in [3.63, 3.8) is 0 Å². The molecule has 0 bridgehead atoms. The number of aliphatic hydroxyl groups is 1. The van der Waals surface area contributed by atoms with E-state index < -0.39 is 5.60 Å². The van der Waals surface area contributed by atoms with Crippen molar-refractivity contribution in [2.45, 2.75) is 36.9 Å². The fraction of sp³-hybridized carbons (Fsp3) is 0.400. The maximum absolute atomic E-state index is 11.3. The molecule has 1 N–H and O–H groups in total. The molecule has 0 spiro atoms. The van der Waals surface area contributed by atoms with E-state index in [1.165, 1.54) is 11.1 Å². The van der Waals surface area contributed by atoms with Crippen LogP contribution in [0.1, 0.15) is 41.5 Å². The van der Waals surface area contributed by atoms with E-state index in [1.54, 1.807) is 14.2 Å². The third kappa shape index (κ3) is 4.98. The van der Waals surface area contributed by atoms with Gasteiger partial charge >= 0.3 is 0 Å². The van der Waals surface area contributed by atoms with Crippen LogP contribution in [-0.4, -0.2) is 50.5 Å². The molecule has 2 aliphatic heterocycles. The summed E-state index contributed by atoms with van der Waals surface area (Å²) >= 11 is 0. The molecule has 1 unspecified atom stereocenters. The number of nitrogens with zero attached hydrogens (tertiary/aromatic N) is 1. The smallest absolute Gasteiger partial charge is 0.161 e. The average molecular weight is 510 g/mol. The lowest BCUT2D eigenvalue weighted by atomic mass is 9.69. The van der Waals surface area contributed by atoms with Crippen molar-refractivity contribution >= 4 is 12.4 Å². The summed E-state index contributed by atoms with van der Waals surface area (Å²) in [6, 6.07) is 25.0. The number of halogens is 1. The summed E-state index contributed by atoms with van der Waals surface area (Å²) in [5.41, 5.74) is 3.67. The van der Waals surface area contributed by atoms with Gasteiger partial charge in [-0.3, -0.25) is 0 Å². The molecule has 3 aromatic rings. The lowest BCUT2D eigenvalue weighted by Crippen LogP contribution is -2.46. The number of ether oxygens (including phenoxy) is 3. The zero-order valence-electron chi connectivity index (χ0n) is 21.1. The van der Waals surface area contributed by atoms with Crippen molar-refractivity contribution in [3.05, 3.63) is 95.1 Å². The predicted octanol–water partition coefficient (Wildman–Crippen LogP) is 5.32. The predicted molar refractivity (Wildman–Crippen MR) is 144 cm³/mol. The van der Waals surface area contributed by atoms with Gasteiger partial charge < -0.3 is 24.2 Å². The van der Waals surface area contributed by atoms with Gasteiger partial charge in [-0.1, -0.05) is 60.7 Å². The number of fused-ring (bicyclic) bond motifs is 1. The third-order valence-electron chi connectivity index (χ3n) is 7.91. The van der Waals surface area contributed by atoms with Crippen molar-refractivity contribution < 1.29 is 19.3 Å². The van der Waals surface area contributed by atoms with E-state index in [0.29, 0.717) is 13.2 Å². The summed E-state index contributed by atoms with van der Waals surface area (Å²) in [5.74, 6) is 1.48. The van der Waals surface area contributed by atoms with E-state index >= 15 is 0 Å². The Morgan fingerprint density at radius 3 is 2.06 bits per heavy atom. The highest BCUT2D eigenvalue weighted by atomic mass is 35.5. The van der Waals surface area contributed by atoms with E-state index in [0.717, 1.165) is 61.5 Å². The van der Waals surface area contributed by atoms with Crippen LogP contribution in [0, 0.1) is 0 Å². The van der Waals surface area contributed by atoms with Crippen LogP contribution in [0.5, 0.6) is 11.5 Å². The van der Waals surface area contributed by atoms with Crippen LogP contribution >= 0.6 is 12.4 Å². The van der Waals surface area contributed by atoms with Crippen LogP contribution < -0.4 is 9.47 Å². The summed E-state index contributed by atoms with van der Waals surface area (Å²) < 4.78 is 17.5. The highest BCUT2D eigenvalue weighted by Gasteiger charge is 2.41. The minimum absolute atomic E-state index is 0. The SMILES string of the molecule is COc1cc2c(cc1OC)C(CCN1CCC(O)(c3ccccc3)CC1)(c1ccccc1)COC2.Cl. The Bertz CT molecular complexity index is 1130. The minimum Gasteiger partial charge on any atom is -0.493 e. The second-order valence-electron chi connectivity index (χ2n) is 9.79. The molecule has 1 fully saturated rings.